The van der Waals surface area contributed by atoms with Gasteiger partial charge in [0.1, 0.15) is 0 Å². The predicted octanol–water partition coefficient (Wildman–Crippen LogP) is 5.30. The van der Waals surface area contributed by atoms with Crippen molar-refractivity contribution >= 4 is 11.8 Å². The fraction of sp³-hybridized carbons (Fsp3) is 0.524. The molecule has 3 heteroatoms. The first-order valence-electron chi connectivity index (χ1n) is 8.73. The molecule has 132 valence electrons. The smallest absolute Gasteiger partial charge is 0.0642 e. The minimum absolute atomic E-state index is 0.288. The van der Waals surface area contributed by atoms with E-state index in [1.54, 1.807) is 11.8 Å². The van der Waals surface area contributed by atoms with Gasteiger partial charge >= 0.3 is 0 Å². The number of hydrogen-bond donors (Lipinski definition) is 0. The van der Waals surface area contributed by atoms with Gasteiger partial charge in [0.2, 0.25) is 0 Å². The first-order chi connectivity index (χ1) is 11.4. The van der Waals surface area contributed by atoms with Crippen molar-refractivity contribution in [1.82, 2.24) is 4.90 Å². The summed E-state index contributed by atoms with van der Waals surface area (Å²) in [6.07, 6.45) is 7.82. The third-order valence-electron chi connectivity index (χ3n) is 4.55. The zero-order valence-corrected chi connectivity index (χ0v) is 16.6. The summed E-state index contributed by atoms with van der Waals surface area (Å²) in [6, 6.07) is 8.54. The fourth-order valence-electron chi connectivity index (χ4n) is 3.31. The fourth-order valence-corrected chi connectivity index (χ4v) is 3.71. The summed E-state index contributed by atoms with van der Waals surface area (Å²) in [5.74, 6) is 0. The van der Waals surface area contributed by atoms with Crippen molar-refractivity contribution in [3.8, 4) is 0 Å². The van der Waals surface area contributed by atoms with Gasteiger partial charge in [-0.3, -0.25) is 0 Å². The molecular weight excluding hydrogens is 314 g/mol. The van der Waals surface area contributed by atoms with Crippen LogP contribution in [0.25, 0.3) is 0 Å². The number of aryl methyl sites for hydroxylation is 1. The Morgan fingerprint density at radius 3 is 2.17 bits per heavy atom. The second kappa shape index (κ2) is 8.77. The van der Waals surface area contributed by atoms with Gasteiger partial charge in [-0.05, 0) is 44.7 Å². The highest BCUT2D eigenvalue weighted by Gasteiger charge is 2.30. The molecule has 0 N–H and O–H groups in total. The number of thioether (sulfide) groups is 1. The zero-order chi connectivity index (χ0) is 17.6. The second-order valence-electron chi connectivity index (χ2n) is 7.24. The average molecular weight is 346 g/mol. The van der Waals surface area contributed by atoms with E-state index < -0.39 is 0 Å². The van der Waals surface area contributed by atoms with Gasteiger partial charge in [0.05, 0.1) is 13.2 Å². The molecule has 0 amide bonds. The minimum atomic E-state index is 0.288. The third-order valence-corrected chi connectivity index (χ3v) is 5.29. The molecule has 1 aromatic rings. The van der Waals surface area contributed by atoms with Crippen LogP contribution in [0.3, 0.4) is 0 Å². The number of ether oxygens (including phenoxy) is 1. The van der Waals surface area contributed by atoms with Gasteiger partial charge in [-0.15, -0.1) is 11.8 Å². The second-order valence-corrected chi connectivity index (χ2v) is 8.12. The highest BCUT2D eigenvalue weighted by atomic mass is 32.2. The van der Waals surface area contributed by atoms with Gasteiger partial charge in [0.25, 0.3) is 0 Å². The number of morpholine rings is 1. The van der Waals surface area contributed by atoms with Crippen LogP contribution in [-0.4, -0.2) is 37.5 Å². The zero-order valence-electron chi connectivity index (χ0n) is 15.8. The van der Waals surface area contributed by atoms with Crippen molar-refractivity contribution in [2.24, 2.45) is 5.41 Å². The van der Waals surface area contributed by atoms with Crippen LogP contribution < -0.4 is 0 Å². The van der Waals surface area contributed by atoms with Gasteiger partial charge < -0.3 is 9.64 Å². The summed E-state index contributed by atoms with van der Waals surface area (Å²) >= 11 is 1.78. The van der Waals surface area contributed by atoms with E-state index in [2.05, 4.69) is 75.3 Å². The molecule has 1 fully saturated rings. The van der Waals surface area contributed by atoms with Gasteiger partial charge in [0.15, 0.2) is 0 Å². The monoisotopic (exact) mass is 345 g/mol. The first-order valence-corrected chi connectivity index (χ1v) is 9.96. The Balaban J connectivity index is 0.000000198. The standard InChI is InChI=1S/C13H21NO.C8H10S/c1-11-4-5-12(13(2,3)10-11)14-6-8-15-9-7-14;1-7-3-5-8(9-2)6-4-7/h4-5H,6-10H2,1-3H3;3-6H,1-2H3. The lowest BCUT2D eigenvalue weighted by Crippen LogP contribution is -2.40. The van der Waals surface area contributed by atoms with Crippen molar-refractivity contribution in [3.63, 3.8) is 0 Å². The molecule has 0 unspecified atom stereocenters. The van der Waals surface area contributed by atoms with E-state index in [0.29, 0.717) is 0 Å². The molecule has 1 heterocycles. The average Bonchev–Trinajstić information content (AvgIpc) is 2.56. The molecule has 1 aliphatic carbocycles. The highest BCUT2D eigenvalue weighted by molar-refractivity contribution is 7.98. The summed E-state index contributed by atoms with van der Waals surface area (Å²) in [5.41, 5.74) is 4.58. The largest absolute Gasteiger partial charge is 0.378 e. The SMILES string of the molecule is CC1=CC=C(N2CCOCC2)C(C)(C)C1.CSc1ccc(C)cc1. The van der Waals surface area contributed by atoms with Crippen LogP contribution in [0.5, 0.6) is 0 Å². The number of allylic oxidation sites excluding steroid dienone is 4. The predicted molar refractivity (Wildman–Crippen MR) is 106 cm³/mol. The van der Waals surface area contributed by atoms with Crippen molar-refractivity contribution < 1.29 is 4.74 Å². The maximum atomic E-state index is 5.40. The van der Waals surface area contributed by atoms with E-state index in [0.717, 1.165) is 26.3 Å². The lowest BCUT2D eigenvalue weighted by molar-refractivity contribution is 0.0431. The van der Waals surface area contributed by atoms with E-state index in [9.17, 15) is 0 Å². The Labute approximate surface area is 152 Å². The Hall–Kier alpha value is -1.19. The Kier molecular flexibility index (Phi) is 7.00. The Morgan fingerprint density at radius 1 is 1.00 bits per heavy atom. The lowest BCUT2D eigenvalue weighted by atomic mass is 9.78. The Bertz CT molecular complexity index is 580. The van der Waals surface area contributed by atoms with E-state index >= 15 is 0 Å². The van der Waals surface area contributed by atoms with E-state index in [-0.39, 0.29) is 5.41 Å². The van der Waals surface area contributed by atoms with Crippen LogP contribution in [0, 0.1) is 12.3 Å². The highest BCUT2D eigenvalue weighted by Crippen LogP contribution is 2.38. The normalized spacial score (nSPS) is 19.8. The molecule has 1 aromatic carbocycles. The summed E-state index contributed by atoms with van der Waals surface area (Å²) in [6.45, 7) is 12.8. The summed E-state index contributed by atoms with van der Waals surface area (Å²) in [7, 11) is 0. The van der Waals surface area contributed by atoms with E-state index in [1.165, 1.54) is 28.1 Å². The molecule has 0 radical (unpaired) electrons. The van der Waals surface area contributed by atoms with E-state index in [1.807, 2.05) is 0 Å². The molecule has 0 atom stereocenters. The van der Waals surface area contributed by atoms with Gasteiger partial charge in [-0.2, -0.15) is 0 Å². The quantitative estimate of drug-likeness (QED) is 0.675. The molecule has 3 rings (SSSR count). The molecule has 24 heavy (non-hydrogen) atoms. The van der Waals surface area contributed by atoms with Gasteiger partial charge in [0, 0.05) is 29.1 Å². The maximum absolute atomic E-state index is 5.40. The van der Waals surface area contributed by atoms with E-state index in [4.69, 9.17) is 4.74 Å². The molecule has 2 nitrogen and oxygen atoms in total. The van der Waals surface area contributed by atoms with Crippen LogP contribution in [0.4, 0.5) is 0 Å². The van der Waals surface area contributed by atoms with Gasteiger partial charge in [-0.1, -0.05) is 43.2 Å². The van der Waals surface area contributed by atoms with Crippen molar-refractivity contribution in [3.05, 3.63) is 53.3 Å². The van der Waals surface area contributed by atoms with Crippen LogP contribution in [0.15, 0.2) is 52.6 Å². The van der Waals surface area contributed by atoms with Crippen LogP contribution in [-0.2, 0) is 4.74 Å². The number of benzene rings is 1. The molecule has 0 bridgehead atoms. The molecule has 0 spiro atoms. The van der Waals surface area contributed by atoms with Crippen LogP contribution in [0.1, 0.15) is 32.8 Å². The summed E-state index contributed by atoms with van der Waals surface area (Å²) < 4.78 is 5.40. The van der Waals surface area contributed by atoms with Crippen molar-refractivity contribution in [2.45, 2.75) is 39.0 Å². The number of hydrogen-bond acceptors (Lipinski definition) is 3. The van der Waals surface area contributed by atoms with Crippen molar-refractivity contribution in [1.29, 1.82) is 0 Å². The molecule has 1 saturated heterocycles. The minimum Gasteiger partial charge on any atom is -0.378 e. The van der Waals surface area contributed by atoms with Crippen molar-refractivity contribution in [2.75, 3.05) is 32.6 Å². The maximum Gasteiger partial charge on any atom is 0.0642 e. The summed E-state index contributed by atoms with van der Waals surface area (Å²) in [4.78, 5) is 3.81. The lowest BCUT2D eigenvalue weighted by Gasteiger charge is -2.41. The number of rotatable bonds is 2. The molecular formula is C21H31NOS. The molecule has 0 aromatic heterocycles. The molecule has 2 aliphatic rings. The van der Waals surface area contributed by atoms with Crippen LogP contribution >= 0.6 is 11.8 Å². The third kappa shape index (κ3) is 5.42. The topological polar surface area (TPSA) is 12.5 Å². The Morgan fingerprint density at radius 2 is 1.62 bits per heavy atom. The molecule has 0 saturated carbocycles. The molecule has 1 aliphatic heterocycles. The van der Waals surface area contributed by atoms with Crippen LogP contribution in [0.2, 0.25) is 0 Å². The summed E-state index contributed by atoms with van der Waals surface area (Å²) in [5, 5.41) is 0. The first kappa shape index (κ1) is 19.1. The number of nitrogens with zero attached hydrogens (tertiary/aromatic N) is 1. The van der Waals surface area contributed by atoms with Gasteiger partial charge in [-0.25, -0.2) is 0 Å².